The maximum Gasteiger partial charge on any atom is 0.311 e. The number of hydrogen-bond donors (Lipinski definition) is 4. The van der Waals surface area contributed by atoms with E-state index in [0.29, 0.717) is 0 Å². The van der Waals surface area contributed by atoms with Crippen molar-refractivity contribution in [2.24, 2.45) is 23.7 Å². The fourth-order valence-electron chi connectivity index (χ4n) is 8.46. The lowest BCUT2D eigenvalue weighted by Gasteiger charge is -2.50. The third kappa shape index (κ3) is 9.38. The molecule has 0 aliphatic carbocycles. The molecule has 2 unspecified atom stereocenters. The molecule has 3 heterocycles. The zero-order valence-corrected chi connectivity index (χ0v) is 33.4. The van der Waals surface area contributed by atoms with Gasteiger partial charge in [-0.2, -0.15) is 0 Å². The minimum atomic E-state index is -2.53. The Labute approximate surface area is 314 Å². The highest BCUT2D eigenvalue weighted by Crippen LogP contribution is 2.41. The summed E-state index contributed by atoms with van der Waals surface area (Å²) in [6.45, 7) is 13.9. The maximum atomic E-state index is 14.2. The summed E-state index contributed by atoms with van der Waals surface area (Å²) in [6.07, 6.45) is -10.8. The zero-order chi connectivity index (χ0) is 42.2. The first-order chi connectivity index (χ1) is 25.2. The van der Waals surface area contributed by atoms with Crippen molar-refractivity contribution >= 4 is 11.8 Å². The normalized spacial score (nSPS) is 50.1. The van der Waals surface area contributed by atoms with E-state index in [0.717, 1.165) is 4.90 Å². The third-order valence-corrected chi connectivity index (χ3v) is 12.1. The standard InChI is InChI=1S/C38H69NO13/c1-15-26-38(10,45)31(42)21(4)28(40)19(2)17-37(9,47-14)33(52-35-29(41)25(39(11)12)16-20(3)48-35)22(5)30(23(6)34(44)50-26)51-27-18-36(8,46-13)32(43)24(7)49-27/h19-27,29-33,35,41-43,45H,15-18H2,1-14H3/t19-,20-,21+,22+,23-,24+,25+,26-,27+,29?,30+,31-,32+,33?,35+,36-,37-,38-/m1/s1/i11+1D3. The molecule has 0 saturated carbocycles. The summed E-state index contributed by atoms with van der Waals surface area (Å²) >= 11 is 0. The number of aliphatic hydroxyl groups is 4. The number of esters is 1. The second-order valence-electron chi connectivity index (χ2n) is 16.3. The number of carbonyl (C=O) groups excluding carboxylic acids is 2. The predicted octanol–water partition coefficient (Wildman–Crippen LogP) is 2.44. The molecule has 14 nitrogen and oxygen atoms in total. The van der Waals surface area contributed by atoms with Gasteiger partial charge in [0.2, 0.25) is 0 Å². The molecule has 0 bridgehead atoms. The van der Waals surface area contributed by atoms with Gasteiger partial charge in [0.05, 0.1) is 47.6 Å². The van der Waals surface area contributed by atoms with Crippen molar-refractivity contribution in [1.29, 1.82) is 0 Å². The largest absolute Gasteiger partial charge is 0.459 e. The van der Waals surface area contributed by atoms with Crippen molar-refractivity contribution in [3.8, 4) is 0 Å². The van der Waals surface area contributed by atoms with Crippen LogP contribution in [0.15, 0.2) is 0 Å². The SMILES string of the molecule is [2H][13C]([2H])([2H])N(C)[C@H]1C[C@@H](C)O[C@@H](OC2[C@@H](C)[C@H](O[C@H]3C[C@@](C)(OC)[C@@H](O)[C@H](C)O3)[C@@H](C)C(=O)O[C@H](CC)[C@@](C)(O)[C@H](O)[C@@H](C)C(=O)[C@H](C)C[C@@]2(C)OC)C1O. The lowest BCUT2D eigenvalue weighted by atomic mass is 9.74. The van der Waals surface area contributed by atoms with E-state index >= 15 is 0 Å². The molecule has 18 atom stereocenters. The average Bonchev–Trinajstić information content (AvgIpc) is 3.11. The topological polar surface area (TPSA) is 183 Å². The van der Waals surface area contributed by atoms with Crippen LogP contribution in [0.2, 0.25) is 0 Å². The third-order valence-electron chi connectivity index (χ3n) is 12.1. The summed E-state index contributed by atoms with van der Waals surface area (Å²) < 4.78 is 67.6. The van der Waals surface area contributed by atoms with Gasteiger partial charge in [0.25, 0.3) is 0 Å². The summed E-state index contributed by atoms with van der Waals surface area (Å²) in [6, 6.07) is -0.887. The number of likely N-dealkylation sites (N-methyl/N-ethyl adjacent to an activating group) is 1. The molecule has 3 aliphatic heterocycles. The van der Waals surface area contributed by atoms with Crippen LogP contribution in [0.3, 0.4) is 0 Å². The Kier molecular flexibility index (Phi) is 13.7. The van der Waals surface area contributed by atoms with Crippen LogP contribution in [0.25, 0.3) is 0 Å². The first kappa shape index (κ1) is 40.4. The second kappa shape index (κ2) is 17.7. The van der Waals surface area contributed by atoms with E-state index in [4.69, 9.17) is 37.3 Å². The lowest BCUT2D eigenvalue weighted by molar-refractivity contribution is -0.319. The highest BCUT2D eigenvalue weighted by Gasteiger charge is 2.54. The molecule has 0 aromatic heterocycles. The highest BCUT2D eigenvalue weighted by molar-refractivity contribution is 5.83. The molecule has 0 aromatic carbocycles. The second-order valence-corrected chi connectivity index (χ2v) is 16.3. The molecule has 0 spiro atoms. The summed E-state index contributed by atoms with van der Waals surface area (Å²) in [5.41, 5.74) is -4.47. The number of cyclic esters (lactones) is 1. The van der Waals surface area contributed by atoms with Crippen LogP contribution in [0.4, 0.5) is 0 Å². The monoisotopic (exact) mass is 751 g/mol. The van der Waals surface area contributed by atoms with Crippen LogP contribution in [0, 0.1) is 23.7 Å². The Morgan fingerprint density at radius 3 is 2.08 bits per heavy atom. The number of Topliss-reactive ketones (excluding diaryl/α,β-unsaturated/α-hetero) is 1. The van der Waals surface area contributed by atoms with Crippen LogP contribution in [-0.4, -0.2) is 150 Å². The Morgan fingerprint density at radius 2 is 1.52 bits per heavy atom. The number of hydrogen-bond acceptors (Lipinski definition) is 14. The zero-order valence-electron chi connectivity index (χ0n) is 36.4. The molecule has 52 heavy (non-hydrogen) atoms. The number of rotatable bonds is 8. The lowest BCUT2D eigenvalue weighted by Crippen LogP contribution is -2.61. The number of aliphatic hydroxyl groups excluding tert-OH is 3. The molecule has 0 radical (unpaired) electrons. The number of methoxy groups -OCH3 is 2. The average molecular weight is 752 g/mol. The Bertz CT molecular complexity index is 1290. The molecule has 304 valence electrons. The molecule has 3 saturated heterocycles. The van der Waals surface area contributed by atoms with E-state index in [-0.39, 0.29) is 31.5 Å². The summed E-state index contributed by atoms with van der Waals surface area (Å²) in [5, 5.41) is 45.7. The van der Waals surface area contributed by atoms with Gasteiger partial charge in [0.15, 0.2) is 12.6 Å². The van der Waals surface area contributed by atoms with E-state index in [2.05, 4.69) is 0 Å². The van der Waals surface area contributed by atoms with Gasteiger partial charge in [-0.15, -0.1) is 0 Å². The Morgan fingerprint density at radius 1 is 0.904 bits per heavy atom. The van der Waals surface area contributed by atoms with Crippen LogP contribution >= 0.6 is 0 Å². The minimum absolute atomic E-state index is 0.0150. The van der Waals surface area contributed by atoms with E-state index in [1.54, 1.807) is 55.4 Å². The van der Waals surface area contributed by atoms with E-state index in [1.165, 1.54) is 35.1 Å². The van der Waals surface area contributed by atoms with Crippen molar-refractivity contribution < 1.29 is 67.3 Å². The van der Waals surface area contributed by atoms with Gasteiger partial charge in [-0.05, 0) is 74.8 Å². The van der Waals surface area contributed by atoms with Gasteiger partial charge >= 0.3 is 5.97 Å². The van der Waals surface area contributed by atoms with Gasteiger partial charge in [-0.1, -0.05) is 27.7 Å². The van der Waals surface area contributed by atoms with Gasteiger partial charge in [-0.25, -0.2) is 0 Å². The number of carbonyl (C=O) groups is 2. The predicted molar refractivity (Wildman–Crippen MR) is 191 cm³/mol. The Hall–Kier alpha value is -1.30. The van der Waals surface area contributed by atoms with Crippen molar-refractivity contribution in [1.82, 2.24) is 4.90 Å². The van der Waals surface area contributed by atoms with Crippen LogP contribution in [-0.2, 0) is 42.7 Å². The number of ether oxygens (including phenoxy) is 7. The van der Waals surface area contributed by atoms with E-state index in [9.17, 15) is 30.0 Å². The van der Waals surface area contributed by atoms with Crippen LogP contribution < -0.4 is 0 Å². The molecule has 3 fully saturated rings. The maximum absolute atomic E-state index is 14.2. The minimum Gasteiger partial charge on any atom is -0.459 e. The highest BCUT2D eigenvalue weighted by atomic mass is 16.7. The molecule has 0 aromatic rings. The van der Waals surface area contributed by atoms with E-state index < -0.39 is 121 Å². The fraction of sp³-hybridized carbons (Fsp3) is 0.947. The molecule has 0 amide bonds. The molecule has 3 rings (SSSR count). The summed E-state index contributed by atoms with van der Waals surface area (Å²) in [4.78, 5) is 29.3. The molecule has 4 N–H and O–H groups in total. The first-order valence-corrected chi connectivity index (χ1v) is 18.7. The van der Waals surface area contributed by atoms with Gasteiger partial charge in [-0.3, -0.25) is 9.59 Å². The van der Waals surface area contributed by atoms with E-state index in [1.807, 2.05) is 0 Å². The van der Waals surface area contributed by atoms with Crippen molar-refractivity contribution in [3.05, 3.63) is 0 Å². The Balaban J connectivity index is 2.24. The van der Waals surface area contributed by atoms with Crippen LogP contribution in [0.5, 0.6) is 0 Å². The molecule has 14 heteroatoms. The van der Waals surface area contributed by atoms with Crippen LogP contribution in [0.1, 0.15) is 99.0 Å². The summed E-state index contributed by atoms with van der Waals surface area (Å²) in [7, 11) is 4.31. The first-order valence-electron chi connectivity index (χ1n) is 20.2. The molecular weight excluding hydrogens is 679 g/mol. The van der Waals surface area contributed by atoms with Gasteiger partial charge in [0.1, 0.15) is 29.7 Å². The fourth-order valence-corrected chi connectivity index (χ4v) is 8.46. The smallest absolute Gasteiger partial charge is 0.311 e. The van der Waals surface area contributed by atoms with Crippen molar-refractivity contribution in [2.75, 3.05) is 28.2 Å². The number of ketones is 1. The quantitative estimate of drug-likeness (QED) is 0.210. The molecular formula is C38H69NO13. The molecule has 3 aliphatic rings. The number of nitrogens with zero attached hydrogens (tertiary/aromatic N) is 1. The van der Waals surface area contributed by atoms with Gasteiger partial charge in [0, 0.05) is 48.5 Å². The summed E-state index contributed by atoms with van der Waals surface area (Å²) in [5.74, 6) is -4.95. The van der Waals surface area contributed by atoms with Crippen molar-refractivity contribution in [3.63, 3.8) is 0 Å². The van der Waals surface area contributed by atoms with Crippen molar-refractivity contribution in [2.45, 2.75) is 179 Å². The van der Waals surface area contributed by atoms with Gasteiger partial charge < -0.3 is 58.5 Å².